The molecule has 1 aliphatic carbocycles. The molecule has 1 aliphatic rings. The summed E-state index contributed by atoms with van der Waals surface area (Å²) in [4.78, 5) is 13.1. The first-order valence-electron chi connectivity index (χ1n) is 9.02. The predicted octanol–water partition coefficient (Wildman–Crippen LogP) is 2.41. The Kier molecular flexibility index (Phi) is 4.68. The smallest absolute Gasteiger partial charge is 0.253 e. The third-order valence-electron chi connectivity index (χ3n) is 5.03. The maximum absolute atomic E-state index is 13.1. The maximum Gasteiger partial charge on any atom is 0.253 e. The first-order chi connectivity index (χ1) is 13.6. The van der Waals surface area contributed by atoms with Crippen LogP contribution in [-0.2, 0) is 6.42 Å². The molecule has 4 rings (SSSR count). The number of hydrogen-bond acceptors (Lipinski definition) is 6. The van der Waals surface area contributed by atoms with Gasteiger partial charge in [0, 0.05) is 0 Å². The Bertz CT molecular complexity index is 1030. The number of nitrogens with zero attached hydrogens (tertiary/aromatic N) is 4. The van der Waals surface area contributed by atoms with Gasteiger partial charge >= 0.3 is 0 Å². The lowest BCUT2D eigenvalue weighted by Gasteiger charge is -2.17. The fourth-order valence-electron chi connectivity index (χ4n) is 3.62. The van der Waals surface area contributed by atoms with Crippen molar-refractivity contribution in [2.45, 2.75) is 25.8 Å². The van der Waals surface area contributed by atoms with Gasteiger partial charge in [-0.05, 0) is 65.6 Å². The topological polar surface area (TPSA) is 91.2 Å². The third-order valence-corrected chi connectivity index (χ3v) is 5.03. The van der Waals surface area contributed by atoms with E-state index in [1.807, 2.05) is 30.3 Å². The Hall–Kier alpha value is -3.42. The molecule has 0 aliphatic heterocycles. The highest BCUT2D eigenvalue weighted by molar-refractivity contribution is 5.98. The van der Waals surface area contributed by atoms with Crippen LogP contribution >= 0.6 is 0 Å². The number of carbonyl (C=O) groups is 1. The van der Waals surface area contributed by atoms with Gasteiger partial charge in [0.1, 0.15) is 0 Å². The second-order valence-corrected chi connectivity index (χ2v) is 6.63. The van der Waals surface area contributed by atoms with Gasteiger partial charge in [0.25, 0.3) is 5.91 Å². The van der Waals surface area contributed by atoms with Gasteiger partial charge in [0.05, 0.1) is 31.5 Å². The molecule has 0 bridgehead atoms. The van der Waals surface area contributed by atoms with Gasteiger partial charge in [0.2, 0.25) is 0 Å². The Labute approximate surface area is 162 Å². The number of amides is 1. The first kappa shape index (κ1) is 18.0. The molecule has 1 N–H and O–H groups in total. The van der Waals surface area contributed by atoms with E-state index in [2.05, 4.69) is 20.8 Å². The van der Waals surface area contributed by atoms with Gasteiger partial charge in [-0.3, -0.25) is 4.79 Å². The van der Waals surface area contributed by atoms with Crippen molar-refractivity contribution < 1.29 is 14.3 Å². The predicted molar refractivity (Wildman–Crippen MR) is 102 cm³/mol. The summed E-state index contributed by atoms with van der Waals surface area (Å²) in [6, 6.07) is 11.1. The Balaban J connectivity index is 1.63. The fourth-order valence-corrected chi connectivity index (χ4v) is 3.62. The number of methoxy groups -OCH3 is 2. The summed E-state index contributed by atoms with van der Waals surface area (Å²) in [6.45, 7) is 1.79. The van der Waals surface area contributed by atoms with Crippen LogP contribution in [0.1, 0.15) is 39.8 Å². The van der Waals surface area contributed by atoms with Crippen LogP contribution in [0.3, 0.4) is 0 Å². The molecule has 3 aromatic rings. The Morgan fingerprint density at radius 1 is 1.18 bits per heavy atom. The summed E-state index contributed by atoms with van der Waals surface area (Å²) in [5.74, 6) is 1.81. The second kappa shape index (κ2) is 7.30. The zero-order chi connectivity index (χ0) is 19.7. The number of hydrogen-bond donors (Lipinski definition) is 1. The molecular weight excluding hydrogens is 358 g/mol. The van der Waals surface area contributed by atoms with Gasteiger partial charge in [-0.15, -0.1) is 5.10 Å². The zero-order valence-corrected chi connectivity index (χ0v) is 16.0. The van der Waals surface area contributed by atoms with Crippen LogP contribution in [0.4, 0.5) is 0 Å². The quantitative estimate of drug-likeness (QED) is 0.732. The molecule has 0 unspecified atom stereocenters. The number of aromatic nitrogens is 4. The molecule has 1 aromatic heterocycles. The molecule has 0 saturated carbocycles. The molecule has 2 aromatic carbocycles. The maximum atomic E-state index is 13.1. The summed E-state index contributed by atoms with van der Waals surface area (Å²) in [5, 5.41) is 14.7. The lowest BCUT2D eigenvalue weighted by molar-refractivity contribution is 0.0936. The number of nitrogens with one attached hydrogen (secondary N) is 1. The highest BCUT2D eigenvalue weighted by Gasteiger charge is 2.27. The van der Waals surface area contributed by atoms with Crippen LogP contribution in [0.5, 0.6) is 11.5 Å². The van der Waals surface area contributed by atoms with E-state index in [9.17, 15) is 4.79 Å². The number of tetrazole rings is 1. The van der Waals surface area contributed by atoms with E-state index in [4.69, 9.17) is 9.47 Å². The van der Waals surface area contributed by atoms with Crippen molar-refractivity contribution in [1.29, 1.82) is 0 Å². The third kappa shape index (κ3) is 3.06. The lowest BCUT2D eigenvalue weighted by Crippen LogP contribution is -2.28. The van der Waals surface area contributed by atoms with Crippen molar-refractivity contribution in [2.75, 3.05) is 14.2 Å². The number of fused-ring (bicyclic) bond motifs is 1. The summed E-state index contributed by atoms with van der Waals surface area (Å²) in [7, 11) is 3.23. The fraction of sp³-hybridized carbons (Fsp3) is 0.300. The minimum absolute atomic E-state index is 0.0923. The van der Waals surface area contributed by atoms with Crippen LogP contribution in [-0.4, -0.2) is 40.3 Å². The van der Waals surface area contributed by atoms with Crippen molar-refractivity contribution in [2.24, 2.45) is 0 Å². The highest BCUT2D eigenvalue weighted by Crippen LogP contribution is 2.39. The summed E-state index contributed by atoms with van der Waals surface area (Å²) >= 11 is 0. The first-order valence-corrected chi connectivity index (χ1v) is 9.02. The summed E-state index contributed by atoms with van der Waals surface area (Å²) in [6.07, 6.45) is 1.69. The average Bonchev–Trinajstić information content (AvgIpc) is 3.32. The highest BCUT2D eigenvalue weighted by atomic mass is 16.5. The normalized spacial score (nSPS) is 15.2. The van der Waals surface area contributed by atoms with Crippen molar-refractivity contribution in [3.63, 3.8) is 0 Å². The molecule has 8 nitrogen and oxygen atoms in total. The zero-order valence-electron chi connectivity index (χ0n) is 16.0. The van der Waals surface area contributed by atoms with Crippen molar-refractivity contribution in [1.82, 2.24) is 25.5 Å². The largest absolute Gasteiger partial charge is 0.493 e. The van der Waals surface area contributed by atoms with E-state index < -0.39 is 0 Å². The molecule has 0 saturated heterocycles. The van der Waals surface area contributed by atoms with E-state index in [1.54, 1.807) is 31.9 Å². The van der Waals surface area contributed by atoms with Gasteiger partial charge in [-0.2, -0.15) is 4.68 Å². The van der Waals surface area contributed by atoms with Crippen LogP contribution in [0.15, 0.2) is 36.4 Å². The summed E-state index contributed by atoms with van der Waals surface area (Å²) < 4.78 is 12.4. The lowest BCUT2D eigenvalue weighted by atomic mass is 10.1. The second-order valence-electron chi connectivity index (χ2n) is 6.63. The van der Waals surface area contributed by atoms with Gasteiger partial charge in [-0.25, -0.2) is 0 Å². The minimum Gasteiger partial charge on any atom is -0.493 e. The molecule has 0 spiro atoms. The van der Waals surface area contributed by atoms with Crippen LogP contribution in [0.25, 0.3) is 5.69 Å². The van der Waals surface area contributed by atoms with E-state index in [0.717, 1.165) is 24.0 Å². The van der Waals surface area contributed by atoms with Crippen molar-refractivity contribution in [3.05, 3.63) is 58.9 Å². The molecule has 1 heterocycles. The number of rotatable bonds is 5. The number of benzene rings is 2. The van der Waals surface area contributed by atoms with Crippen LogP contribution in [0, 0.1) is 6.92 Å². The molecule has 0 radical (unpaired) electrons. The Morgan fingerprint density at radius 2 is 1.93 bits per heavy atom. The minimum atomic E-state index is -0.168. The number of aryl methyl sites for hydroxylation is 2. The number of ether oxygens (including phenoxy) is 2. The van der Waals surface area contributed by atoms with E-state index in [0.29, 0.717) is 28.6 Å². The molecule has 8 heteroatoms. The van der Waals surface area contributed by atoms with Gasteiger partial charge in [0.15, 0.2) is 17.3 Å². The molecule has 28 heavy (non-hydrogen) atoms. The SMILES string of the molecule is COc1cc2c(cc1OC)[C@@H](NC(=O)c1ccccc1-n1nnnc1C)CC2. The molecule has 1 amide bonds. The molecule has 0 fully saturated rings. The Morgan fingerprint density at radius 3 is 2.64 bits per heavy atom. The standard InChI is InChI=1S/C20H21N5O3/c1-12-22-23-24-25(12)17-7-5-4-6-14(17)20(26)21-16-9-8-13-10-18(27-2)19(28-3)11-15(13)16/h4-7,10-11,16H,8-9H2,1-3H3,(H,21,26)/t16-/m0/s1. The molecular formula is C20H21N5O3. The monoisotopic (exact) mass is 379 g/mol. The summed E-state index contributed by atoms with van der Waals surface area (Å²) in [5.41, 5.74) is 3.38. The van der Waals surface area contributed by atoms with Gasteiger partial charge in [-0.1, -0.05) is 12.1 Å². The number of para-hydroxylation sites is 1. The van der Waals surface area contributed by atoms with E-state index >= 15 is 0 Å². The van der Waals surface area contributed by atoms with Crippen molar-refractivity contribution >= 4 is 5.91 Å². The van der Waals surface area contributed by atoms with Gasteiger partial charge < -0.3 is 14.8 Å². The van der Waals surface area contributed by atoms with E-state index in [1.165, 1.54) is 0 Å². The van der Waals surface area contributed by atoms with Crippen molar-refractivity contribution in [3.8, 4) is 17.2 Å². The number of carbonyl (C=O) groups excluding carboxylic acids is 1. The molecule has 1 atom stereocenters. The molecule has 144 valence electrons. The van der Waals surface area contributed by atoms with Crippen LogP contribution < -0.4 is 14.8 Å². The van der Waals surface area contributed by atoms with Crippen LogP contribution in [0.2, 0.25) is 0 Å². The van der Waals surface area contributed by atoms with E-state index in [-0.39, 0.29) is 11.9 Å². The average molecular weight is 379 g/mol.